The van der Waals surface area contributed by atoms with Crippen molar-refractivity contribution >= 4 is 23.5 Å². The van der Waals surface area contributed by atoms with E-state index in [1.54, 1.807) is 11.8 Å². The van der Waals surface area contributed by atoms with Crippen molar-refractivity contribution < 1.29 is 0 Å². The lowest BCUT2D eigenvalue weighted by atomic mass is 10.1. The average Bonchev–Trinajstić information content (AvgIpc) is 2.36. The van der Waals surface area contributed by atoms with Crippen LogP contribution in [0.1, 0.15) is 25.5 Å². The maximum Gasteiger partial charge on any atom is 0.0291 e. The van der Waals surface area contributed by atoms with Crippen LogP contribution in [0.4, 0.5) is 0 Å². The number of hydrogen-bond donors (Lipinski definition) is 1. The molecule has 96 valence electrons. The van der Waals surface area contributed by atoms with Gasteiger partial charge in [0, 0.05) is 10.9 Å². The Hall–Kier alpha value is -0.120. The molecule has 0 aromatic heterocycles. The summed E-state index contributed by atoms with van der Waals surface area (Å²) in [5.41, 5.74) is 1.37. The highest BCUT2D eigenvalue weighted by atomic mass is 32.2. The molecule has 0 heterocycles. The summed E-state index contributed by atoms with van der Waals surface area (Å²) in [6.45, 7) is 5.62. The van der Waals surface area contributed by atoms with Crippen LogP contribution in [0.5, 0.6) is 0 Å². The van der Waals surface area contributed by atoms with Crippen molar-refractivity contribution in [2.24, 2.45) is 5.92 Å². The molecule has 1 aromatic rings. The van der Waals surface area contributed by atoms with Gasteiger partial charge in [-0.15, -0.1) is 11.8 Å². The Balaban J connectivity index is 2.43. The van der Waals surface area contributed by atoms with Gasteiger partial charge in [0.25, 0.3) is 0 Å². The van der Waals surface area contributed by atoms with E-state index < -0.39 is 0 Å². The van der Waals surface area contributed by atoms with Gasteiger partial charge in [-0.2, -0.15) is 11.8 Å². The van der Waals surface area contributed by atoms with E-state index >= 15 is 0 Å². The fourth-order valence-electron chi connectivity index (χ4n) is 1.73. The number of rotatable bonds is 7. The summed E-state index contributed by atoms with van der Waals surface area (Å²) in [4.78, 5) is 1.33. The maximum absolute atomic E-state index is 3.60. The molecule has 17 heavy (non-hydrogen) atoms. The molecule has 0 aliphatic heterocycles. The third-order valence-corrected chi connectivity index (χ3v) is 4.49. The van der Waals surface area contributed by atoms with Gasteiger partial charge in [-0.05, 0) is 55.3 Å². The van der Waals surface area contributed by atoms with E-state index in [0.717, 1.165) is 12.5 Å². The highest BCUT2D eigenvalue weighted by molar-refractivity contribution is 7.98. The zero-order chi connectivity index (χ0) is 12.7. The van der Waals surface area contributed by atoms with E-state index in [9.17, 15) is 0 Å². The van der Waals surface area contributed by atoms with Gasteiger partial charge in [0.05, 0.1) is 0 Å². The zero-order valence-corrected chi connectivity index (χ0v) is 12.8. The lowest BCUT2D eigenvalue weighted by molar-refractivity contribution is 0.501. The van der Waals surface area contributed by atoms with Gasteiger partial charge in [0.2, 0.25) is 0 Å². The minimum absolute atomic E-state index is 0.440. The molecule has 1 rings (SSSR count). The van der Waals surface area contributed by atoms with E-state index in [0.29, 0.717) is 6.04 Å². The van der Waals surface area contributed by atoms with Gasteiger partial charge in [0.15, 0.2) is 0 Å². The highest BCUT2D eigenvalue weighted by Gasteiger charge is 2.07. The molecule has 0 radical (unpaired) electrons. The van der Waals surface area contributed by atoms with Crippen molar-refractivity contribution in [2.45, 2.75) is 24.8 Å². The Bertz CT molecular complexity index is 311. The van der Waals surface area contributed by atoms with Crippen molar-refractivity contribution in [3.8, 4) is 0 Å². The number of benzene rings is 1. The first-order valence-corrected chi connectivity index (χ1v) is 8.65. The molecule has 1 nitrogen and oxygen atoms in total. The molecule has 0 bridgehead atoms. The second kappa shape index (κ2) is 8.06. The summed E-state index contributed by atoms with van der Waals surface area (Å²) in [5.74, 6) is 1.96. The van der Waals surface area contributed by atoms with Crippen molar-refractivity contribution in [1.82, 2.24) is 5.32 Å². The minimum Gasteiger partial charge on any atom is -0.310 e. The van der Waals surface area contributed by atoms with E-state index in [-0.39, 0.29) is 0 Å². The Labute approximate surface area is 114 Å². The van der Waals surface area contributed by atoms with Crippen molar-refractivity contribution in [1.29, 1.82) is 0 Å². The number of hydrogen-bond acceptors (Lipinski definition) is 3. The van der Waals surface area contributed by atoms with Gasteiger partial charge in [0.1, 0.15) is 0 Å². The first kappa shape index (κ1) is 14.9. The van der Waals surface area contributed by atoms with Gasteiger partial charge in [-0.1, -0.05) is 19.1 Å². The Morgan fingerprint density at radius 1 is 1.12 bits per heavy atom. The van der Waals surface area contributed by atoms with Crippen LogP contribution < -0.4 is 5.32 Å². The molecule has 2 unspecified atom stereocenters. The smallest absolute Gasteiger partial charge is 0.0291 e. The molecule has 0 aliphatic carbocycles. The zero-order valence-electron chi connectivity index (χ0n) is 11.2. The van der Waals surface area contributed by atoms with E-state index in [1.165, 1.54) is 16.2 Å². The van der Waals surface area contributed by atoms with Crippen molar-refractivity contribution in [3.05, 3.63) is 29.8 Å². The van der Waals surface area contributed by atoms with Crippen LogP contribution in [0.3, 0.4) is 0 Å². The molecule has 0 spiro atoms. The first-order chi connectivity index (χ1) is 8.17. The van der Waals surface area contributed by atoms with Gasteiger partial charge >= 0.3 is 0 Å². The van der Waals surface area contributed by atoms with Crippen molar-refractivity contribution in [2.75, 3.05) is 24.8 Å². The lowest BCUT2D eigenvalue weighted by Gasteiger charge is -2.17. The predicted octanol–water partition coefficient (Wildman–Crippen LogP) is 4.06. The van der Waals surface area contributed by atoms with Crippen LogP contribution in [-0.4, -0.2) is 24.8 Å². The molecule has 0 aliphatic rings. The van der Waals surface area contributed by atoms with Crippen LogP contribution in [0, 0.1) is 5.92 Å². The SMILES string of the molecule is CSCC(C)CNC(C)c1ccc(SC)cc1. The molecule has 0 fully saturated rings. The average molecular weight is 269 g/mol. The highest BCUT2D eigenvalue weighted by Crippen LogP contribution is 2.19. The second-order valence-corrected chi connectivity index (χ2v) is 6.25. The fraction of sp³-hybridized carbons (Fsp3) is 0.571. The quantitative estimate of drug-likeness (QED) is 0.750. The number of thioether (sulfide) groups is 2. The molecule has 1 N–H and O–H groups in total. The van der Waals surface area contributed by atoms with Crippen molar-refractivity contribution in [3.63, 3.8) is 0 Å². The fourth-order valence-corrected chi connectivity index (χ4v) is 2.83. The Morgan fingerprint density at radius 2 is 1.76 bits per heavy atom. The number of nitrogens with one attached hydrogen (secondary N) is 1. The Morgan fingerprint density at radius 3 is 2.29 bits per heavy atom. The summed E-state index contributed by atoms with van der Waals surface area (Å²) in [6.07, 6.45) is 4.28. The minimum atomic E-state index is 0.440. The summed E-state index contributed by atoms with van der Waals surface area (Å²) in [6, 6.07) is 9.29. The summed E-state index contributed by atoms with van der Waals surface area (Å²) >= 11 is 3.71. The van der Waals surface area contributed by atoms with Crippen LogP contribution in [0.2, 0.25) is 0 Å². The summed E-state index contributed by atoms with van der Waals surface area (Å²) < 4.78 is 0. The summed E-state index contributed by atoms with van der Waals surface area (Å²) in [7, 11) is 0. The molecule has 2 atom stereocenters. The predicted molar refractivity (Wildman–Crippen MR) is 82.2 cm³/mol. The molecular formula is C14H23NS2. The van der Waals surface area contributed by atoms with E-state index in [1.807, 2.05) is 11.8 Å². The standard InChI is InChI=1S/C14H23NS2/c1-11(10-16-3)9-15-12(2)13-5-7-14(17-4)8-6-13/h5-8,11-12,15H,9-10H2,1-4H3. The second-order valence-electron chi connectivity index (χ2n) is 4.46. The summed E-state index contributed by atoms with van der Waals surface area (Å²) in [5, 5.41) is 3.60. The molecule has 0 saturated carbocycles. The maximum atomic E-state index is 3.60. The monoisotopic (exact) mass is 269 g/mol. The largest absolute Gasteiger partial charge is 0.310 e. The third kappa shape index (κ3) is 5.36. The molecule has 0 amide bonds. The van der Waals surface area contributed by atoms with E-state index in [2.05, 4.69) is 55.9 Å². The lowest BCUT2D eigenvalue weighted by Crippen LogP contribution is -2.25. The van der Waals surface area contributed by atoms with Gasteiger partial charge in [-0.25, -0.2) is 0 Å². The van der Waals surface area contributed by atoms with Crippen LogP contribution in [-0.2, 0) is 0 Å². The van der Waals surface area contributed by atoms with Gasteiger partial charge in [-0.3, -0.25) is 0 Å². The third-order valence-electron chi connectivity index (χ3n) is 2.84. The van der Waals surface area contributed by atoms with Gasteiger partial charge < -0.3 is 5.32 Å². The Kier molecular flexibility index (Phi) is 7.09. The first-order valence-electron chi connectivity index (χ1n) is 6.03. The molecular weight excluding hydrogens is 246 g/mol. The topological polar surface area (TPSA) is 12.0 Å². The van der Waals surface area contributed by atoms with Crippen LogP contribution in [0.15, 0.2) is 29.2 Å². The molecule has 1 aromatic carbocycles. The van der Waals surface area contributed by atoms with Crippen LogP contribution in [0.25, 0.3) is 0 Å². The molecule has 0 saturated heterocycles. The normalized spacial score (nSPS) is 14.6. The van der Waals surface area contributed by atoms with E-state index in [4.69, 9.17) is 0 Å². The van der Waals surface area contributed by atoms with Crippen LogP contribution >= 0.6 is 23.5 Å². The molecule has 3 heteroatoms.